The maximum atomic E-state index is 13.3. The number of carboxylic acids is 1. The summed E-state index contributed by atoms with van der Waals surface area (Å²) in [5.74, 6) is -2.09. The average Bonchev–Trinajstić information content (AvgIpc) is 2.74. The quantitative estimate of drug-likeness (QED) is 0.393. The van der Waals surface area contributed by atoms with Gasteiger partial charge < -0.3 is 14.6 Å². The summed E-state index contributed by atoms with van der Waals surface area (Å²) in [4.78, 5) is 38.4. The largest absolute Gasteiger partial charge is 0.493 e. The van der Waals surface area contributed by atoms with Gasteiger partial charge in [0.25, 0.3) is 11.8 Å². The van der Waals surface area contributed by atoms with E-state index in [4.69, 9.17) is 21.7 Å². The fourth-order valence-corrected chi connectivity index (χ4v) is 3.35. The van der Waals surface area contributed by atoms with E-state index >= 15 is 0 Å². The monoisotopic (exact) mass is 454 g/mol. The molecular weight excluding hydrogens is 432 g/mol. The van der Waals surface area contributed by atoms with Gasteiger partial charge in [0.1, 0.15) is 5.57 Å². The Morgan fingerprint density at radius 3 is 2.53 bits per heavy atom. The zero-order valence-electron chi connectivity index (χ0n) is 18.0. The van der Waals surface area contributed by atoms with Crippen LogP contribution in [0.25, 0.3) is 6.08 Å². The first-order valence-electron chi connectivity index (χ1n) is 9.69. The number of carbonyl (C=O) groups is 3. The highest BCUT2D eigenvalue weighted by Gasteiger charge is 2.35. The van der Waals surface area contributed by atoms with Crippen LogP contribution in [-0.4, -0.2) is 41.2 Å². The molecule has 2 aromatic rings. The maximum Gasteiger partial charge on any atom is 0.344 e. The Hall–Kier alpha value is -3.72. The van der Waals surface area contributed by atoms with E-state index in [1.54, 1.807) is 24.3 Å². The topological polar surface area (TPSA) is 105 Å². The third-order valence-corrected chi connectivity index (χ3v) is 5.31. The summed E-state index contributed by atoms with van der Waals surface area (Å²) in [6, 6.07) is 10.2. The van der Waals surface area contributed by atoms with E-state index in [1.165, 1.54) is 25.0 Å². The Labute approximate surface area is 190 Å². The van der Waals surface area contributed by atoms with Crippen LogP contribution in [0.3, 0.4) is 0 Å². The van der Waals surface area contributed by atoms with Gasteiger partial charge in [-0.25, -0.2) is 4.79 Å². The average molecular weight is 455 g/mol. The van der Waals surface area contributed by atoms with Crippen molar-refractivity contribution in [1.29, 1.82) is 0 Å². The number of aliphatic carboxylic acids is 1. The molecule has 166 valence electrons. The number of nitrogens with zero attached hydrogens (tertiary/aromatic N) is 1. The van der Waals surface area contributed by atoms with Crippen molar-refractivity contribution in [3.63, 3.8) is 0 Å². The number of ether oxygens (including phenoxy) is 2. The van der Waals surface area contributed by atoms with Crippen molar-refractivity contribution >= 4 is 46.9 Å². The summed E-state index contributed by atoms with van der Waals surface area (Å²) in [5.41, 5.74) is 2.67. The third-order valence-electron chi connectivity index (χ3n) is 5.02. The molecular formula is C23H22N2O6S. The van der Waals surface area contributed by atoms with Crippen LogP contribution >= 0.6 is 12.2 Å². The lowest BCUT2D eigenvalue weighted by molar-refractivity contribution is -0.144. The molecule has 1 fully saturated rings. The van der Waals surface area contributed by atoms with E-state index in [0.717, 1.165) is 11.1 Å². The van der Waals surface area contributed by atoms with E-state index in [0.29, 0.717) is 11.3 Å². The first-order chi connectivity index (χ1) is 15.1. The number of benzene rings is 2. The molecule has 0 aromatic heterocycles. The van der Waals surface area contributed by atoms with Crippen molar-refractivity contribution in [2.75, 3.05) is 12.0 Å². The number of hydrogen-bond acceptors (Lipinski definition) is 6. The lowest BCUT2D eigenvalue weighted by atomic mass is 10.0. The first kappa shape index (κ1) is 23.0. The predicted molar refractivity (Wildman–Crippen MR) is 123 cm³/mol. The number of para-hydroxylation sites is 1. The summed E-state index contributed by atoms with van der Waals surface area (Å²) in [7, 11) is 1.41. The Kier molecular flexibility index (Phi) is 6.59. The van der Waals surface area contributed by atoms with E-state index in [-0.39, 0.29) is 22.2 Å². The number of methoxy groups -OCH3 is 1. The molecule has 2 amide bonds. The van der Waals surface area contributed by atoms with Gasteiger partial charge in [-0.15, -0.1) is 0 Å². The summed E-state index contributed by atoms with van der Waals surface area (Å²) in [5, 5.41) is 11.7. The minimum atomic E-state index is -1.18. The fraction of sp³-hybridized carbons (Fsp3) is 0.217. The highest BCUT2D eigenvalue weighted by atomic mass is 32.1. The van der Waals surface area contributed by atoms with Gasteiger partial charge in [0.15, 0.2) is 22.7 Å². The van der Waals surface area contributed by atoms with Gasteiger partial charge in [0.05, 0.1) is 12.8 Å². The van der Waals surface area contributed by atoms with Gasteiger partial charge in [0.2, 0.25) is 0 Å². The Morgan fingerprint density at radius 1 is 1.19 bits per heavy atom. The van der Waals surface area contributed by atoms with Crippen LogP contribution in [0.1, 0.15) is 23.6 Å². The molecule has 8 nitrogen and oxygen atoms in total. The molecule has 2 aromatic carbocycles. The molecule has 0 radical (unpaired) electrons. The van der Waals surface area contributed by atoms with Crippen molar-refractivity contribution < 1.29 is 29.0 Å². The number of anilines is 1. The van der Waals surface area contributed by atoms with E-state index in [9.17, 15) is 19.5 Å². The standard InChI is InChI=1S/C23H22N2O6S/c1-12-8-9-16(10-13(12)2)25-21(27)17(20(26)24-23(25)32)11-15-6-5-7-18(30-4)19(15)31-14(3)22(28)29/h5-11,14H,1-4H3,(H,28,29)(H,24,26,32)/b17-11+/t14-/m1/s1. The van der Waals surface area contributed by atoms with Crippen molar-refractivity contribution in [1.82, 2.24) is 5.32 Å². The number of aryl methyl sites for hydroxylation is 2. The van der Waals surface area contributed by atoms with E-state index in [1.807, 2.05) is 26.0 Å². The van der Waals surface area contributed by atoms with Crippen molar-refractivity contribution in [3.05, 3.63) is 58.7 Å². The molecule has 0 bridgehead atoms. The van der Waals surface area contributed by atoms with E-state index in [2.05, 4.69) is 5.32 Å². The van der Waals surface area contributed by atoms with Crippen molar-refractivity contribution in [2.45, 2.75) is 26.9 Å². The highest BCUT2D eigenvalue weighted by Crippen LogP contribution is 2.34. The molecule has 1 aliphatic rings. The lowest BCUT2D eigenvalue weighted by Crippen LogP contribution is -2.54. The number of thiocarbonyl (C=S) groups is 1. The molecule has 1 heterocycles. The van der Waals surface area contributed by atoms with Crippen molar-refractivity contribution in [2.24, 2.45) is 0 Å². The molecule has 1 aliphatic heterocycles. The van der Waals surface area contributed by atoms with Crippen LogP contribution in [0.15, 0.2) is 42.0 Å². The van der Waals surface area contributed by atoms with Gasteiger partial charge in [-0.2, -0.15) is 0 Å². The number of amides is 2. The van der Waals surface area contributed by atoms with Gasteiger partial charge >= 0.3 is 5.97 Å². The number of carboxylic acid groups (broad SMARTS) is 1. The summed E-state index contributed by atoms with van der Waals surface area (Å²) in [6.45, 7) is 5.23. The van der Waals surface area contributed by atoms with Crippen LogP contribution in [0.2, 0.25) is 0 Å². The van der Waals surface area contributed by atoms with Gasteiger partial charge in [-0.3, -0.25) is 19.8 Å². The molecule has 0 spiro atoms. The van der Waals surface area contributed by atoms with Gasteiger partial charge in [0, 0.05) is 5.56 Å². The number of hydrogen-bond donors (Lipinski definition) is 2. The van der Waals surface area contributed by atoms with Gasteiger partial charge in [-0.1, -0.05) is 18.2 Å². The Balaban J connectivity index is 2.08. The summed E-state index contributed by atoms with van der Waals surface area (Å²) in [6.07, 6.45) is 0.152. The molecule has 0 unspecified atom stereocenters. The van der Waals surface area contributed by atoms with Gasteiger partial charge in [-0.05, 0) is 68.4 Å². The molecule has 0 saturated carbocycles. The number of rotatable bonds is 6. The first-order valence-corrected chi connectivity index (χ1v) is 10.1. The summed E-state index contributed by atoms with van der Waals surface area (Å²) < 4.78 is 10.8. The molecule has 0 aliphatic carbocycles. The van der Waals surface area contributed by atoms with Crippen LogP contribution in [-0.2, 0) is 14.4 Å². The zero-order valence-corrected chi connectivity index (χ0v) is 18.8. The van der Waals surface area contributed by atoms with Crippen LogP contribution in [0.5, 0.6) is 11.5 Å². The van der Waals surface area contributed by atoms with Crippen molar-refractivity contribution in [3.8, 4) is 11.5 Å². The second-order valence-electron chi connectivity index (χ2n) is 7.20. The highest BCUT2D eigenvalue weighted by molar-refractivity contribution is 7.80. The minimum absolute atomic E-state index is 0.0259. The fourth-order valence-electron chi connectivity index (χ4n) is 3.07. The van der Waals surface area contributed by atoms with Crippen LogP contribution in [0.4, 0.5) is 5.69 Å². The normalized spacial score (nSPS) is 16.1. The Bertz CT molecular complexity index is 1160. The second kappa shape index (κ2) is 9.19. The molecule has 3 rings (SSSR count). The maximum absolute atomic E-state index is 13.3. The number of nitrogens with one attached hydrogen (secondary N) is 1. The molecule has 1 atom stereocenters. The van der Waals surface area contributed by atoms with Crippen LogP contribution in [0, 0.1) is 13.8 Å². The molecule has 32 heavy (non-hydrogen) atoms. The summed E-state index contributed by atoms with van der Waals surface area (Å²) >= 11 is 5.24. The van der Waals surface area contributed by atoms with Crippen LogP contribution < -0.4 is 19.7 Å². The predicted octanol–water partition coefficient (Wildman–Crippen LogP) is 3.00. The SMILES string of the molecule is COc1cccc(/C=C2\C(=O)NC(=S)N(c3ccc(C)c(C)c3)C2=O)c1O[C@H](C)C(=O)O. The Morgan fingerprint density at radius 2 is 1.91 bits per heavy atom. The second-order valence-corrected chi connectivity index (χ2v) is 7.59. The minimum Gasteiger partial charge on any atom is -0.493 e. The molecule has 9 heteroatoms. The molecule has 1 saturated heterocycles. The smallest absolute Gasteiger partial charge is 0.344 e. The van der Waals surface area contributed by atoms with E-state index < -0.39 is 23.9 Å². The zero-order chi connectivity index (χ0) is 23.6. The molecule has 2 N–H and O–H groups in total. The third kappa shape index (κ3) is 4.47. The lowest BCUT2D eigenvalue weighted by Gasteiger charge is -2.29. The number of carbonyl (C=O) groups excluding carboxylic acids is 2.